The molecule has 0 radical (unpaired) electrons. The summed E-state index contributed by atoms with van der Waals surface area (Å²) >= 11 is 9.73. The summed E-state index contributed by atoms with van der Waals surface area (Å²) in [5, 5.41) is 7.63. The van der Waals surface area contributed by atoms with E-state index in [1.54, 1.807) is 6.07 Å². The minimum atomic E-state index is -0.866. The van der Waals surface area contributed by atoms with Crippen molar-refractivity contribution >= 4 is 23.2 Å². The van der Waals surface area contributed by atoms with Crippen molar-refractivity contribution in [2.45, 2.75) is 4.84 Å². The summed E-state index contributed by atoms with van der Waals surface area (Å²) in [7, 11) is 0. The van der Waals surface area contributed by atoms with Gasteiger partial charge in [-0.15, -0.1) is 0 Å². The van der Waals surface area contributed by atoms with E-state index in [1.165, 1.54) is 11.1 Å². The van der Waals surface area contributed by atoms with Crippen LogP contribution in [-0.2, 0) is 0 Å². The monoisotopic (exact) mass is 185 g/mol. The van der Waals surface area contributed by atoms with Gasteiger partial charge in [0.1, 0.15) is 0 Å². The topological polar surface area (TPSA) is 23.8 Å². The van der Waals surface area contributed by atoms with Crippen molar-refractivity contribution in [3.63, 3.8) is 0 Å². The Kier molecular flexibility index (Phi) is 2.76. The Morgan fingerprint density at radius 1 is 1.27 bits per heavy atom. The lowest BCUT2D eigenvalue weighted by Gasteiger charge is -1.69. The largest absolute Gasteiger partial charge is 0.195 e. The number of alkyl halides is 2. The Balaban J connectivity index is 0.000000114. The quantitative estimate of drug-likeness (QED) is 0.580. The van der Waals surface area contributed by atoms with Gasteiger partial charge >= 0.3 is 0 Å². The summed E-state index contributed by atoms with van der Waals surface area (Å²) < 4.78 is 0. The zero-order valence-corrected chi connectivity index (χ0v) is 7.10. The maximum atomic E-state index is 7.63. The fourth-order valence-electron chi connectivity index (χ4n) is 0.676. The fourth-order valence-corrected chi connectivity index (χ4v) is 0.676. The summed E-state index contributed by atoms with van der Waals surface area (Å²) in [6.07, 6.45) is 0. The fraction of sp³-hybridized carbons (Fsp3) is 0.125. The molecule has 0 aromatic heterocycles. The summed E-state index contributed by atoms with van der Waals surface area (Å²) in [6, 6.07) is 10.0. The number of nitriles is 1. The van der Waals surface area contributed by atoms with Gasteiger partial charge in [-0.2, -0.15) is 5.26 Å². The SMILES string of the molecule is N#CC(Cl)Cl.c1cc2cc-2c1. The highest BCUT2D eigenvalue weighted by Gasteiger charge is 2.06. The van der Waals surface area contributed by atoms with Crippen molar-refractivity contribution in [1.82, 2.24) is 0 Å². The van der Waals surface area contributed by atoms with Gasteiger partial charge in [0.25, 0.3) is 0 Å². The first kappa shape index (κ1) is 8.39. The highest BCUT2D eigenvalue weighted by Crippen LogP contribution is 2.32. The van der Waals surface area contributed by atoms with Gasteiger partial charge in [0.2, 0.25) is 0 Å². The molecule has 2 aliphatic carbocycles. The van der Waals surface area contributed by atoms with Crippen molar-refractivity contribution in [3.05, 3.63) is 24.3 Å². The van der Waals surface area contributed by atoms with Crippen LogP contribution in [0.3, 0.4) is 0 Å². The lowest BCUT2D eigenvalue weighted by atomic mass is 10.6. The first-order valence-corrected chi connectivity index (χ1v) is 3.89. The first-order chi connectivity index (χ1) is 5.24. The number of fused-ring (bicyclic) bond motifs is 1. The summed E-state index contributed by atoms with van der Waals surface area (Å²) in [4.78, 5) is -0.866. The molecule has 56 valence electrons. The zero-order chi connectivity index (χ0) is 8.27. The predicted octanol–water partition coefficient (Wildman–Crippen LogP) is 2.98. The standard InChI is InChI=1S/C6H4.C2HCl2N/c1-2-5-4-6(5)3-1;3-2(4)1-5/h1-4H;2H. The summed E-state index contributed by atoms with van der Waals surface area (Å²) in [6.45, 7) is 0. The highest BCUT2D eigenvalue weighted by atomic mass is 35.5. The molecular formula is C8H5Cl2N. The van der Waals surface area contributed by atoms with Crippen molar-refractivity contribution in [1.29, 1.82) is 5.26 Å². The molecule has 0 unspecified atom stereocenters. The molecule has 0 aliphatic heterocycles. The van der Waals surface area contributed by atoms with E-state index in [1.807, 2.05) is 0 Å². The number of hydrogen-bond acceptors (Lipinski definition) is 1. The minimum Gasteiger partial charge on any atom is -0.195 e. The smallest absolute Gasteiger partial charge is 0.193 e. The highest BCUT2D eigenvalue weighted by molar-refractivity contribution is 6.46. The number of hydrogen-bond donors (Lipinski definition) is 0. The van der Waals surface area contributed by atoms with Crippen LogP contribution >= 0.6 is 23.2 Å². The normalized spacial score (nSPS) is 9.64. The van der Waals surface area contributed by atoms with Crippen LogP contribution in [0.4, 0.5) is 0 Å². The Morgan fingerprint density at radius 3 is 1.82 bits per heavy atom. The second-order valence-corrected chi connectivity index (χ2v) is 3.11. The van der Waals surface area contributed by atoms with Gasteiger partial charge < -0.3 is 0 Å². The van der Waals surface area contributed by atoms with E-state index in [-0.39, 0.29) is 0 Å². The Labute approximate surface area is 75.2 Å². The van der Waals surface area contributed by atoms with Crippen molar-refractivity contribution < 1.29 is 0 Å². The molecule has 0 aromatic carbocycles. The second-order valence-electron chi connectivity index (χ2n) is 2.01. The van der Waals surface area contributed by atoms with E-state index in [9.17, 15) is 0 Å². The van der Waals surface area contributed by atoms with Crippen LogP contribution < -0.4 is 0 Å². The van der Waals surface area contributed by atoms with E-state index in [2.05, 4.69) is 24.3 Å². The number of nitrogens with zero attached hydrogens (tertiary/aromatic N) is 1. The molecule has 0 spiro atoms. The maximum Gasteiger partial charge on any atom is 0.193 e. The molecular weight excluding hydrogens is 181 g/mol. The van der Waals surface area contributed by atoms with E-state index in [4.69, 9.17) is 28.5 Å². The Morgan fingerprint density at radius 2 is 1.73 bits per heavy atom. The third-order valence-corrected chi connectivity index (χ3v) is 1.41. The van der Waals surface area contributed by atoms with E-state index < -0.39 is 4.84 Å². The van der Waals surface area contributed by atoms with Gasteiger partial charge in [-0.25, -0.2) is 0 Å². The predicted molar refractivity (Wildman–Crippen MR) is 46.5 cm³/mol. The second kappa shape index (κ2) is 3.61. The molecule has 0 saturated heterocycles. The molecule has 2 rings (SSSR count). The average molecular weight is 186 g/mol. The van der Waals surface area contributed by atoms with Crippen molar-refractivity contribution in [3.8, 4) is 17.2 Å². The Hall–Kier alpha value is -0.710. The number of halogens is 2. The molecule has 1 nitrogen and oxygen atoms in total. The van der Waals surface area contributed by atoms with Crippen LogP contribution in [0.15, 0.2) is 24.3 Å². The molecule has 0 N–H and O–H groups in total. The summed E-state index contributed by atoms with van der Waals surface area (Å²) in [5.74, 6) is 0. The number of rotatable bonds is 0. The van der Waals surface area contributed by atoms with Crippen LogP contribution in [0.2, 0.25) is 0 Å². The molecule has 0 bridgehead atoms. The molecule has 0 amide bonds. The molecule has 11 heavy (non-hydrogen) atoms. The summed E-state index contributed by atoms with van der Waals surface area (Å²) in [5.41, 5.74) is 2.85. The van der Waals surface area contributed by atoms with Gasteiger partial charge in [-0.05, 0) is 17.2 Å². The van der Waals surface area contributed by atoms with Crippen LogP contribution in [0.25, 0.3) is 11.1 Å². The number of benzene rings is 1. The third kappa shape index (κ3) is 2.80. The van der Waals surface area contributed by atoms with E-state index in [0.29, 0.717) is 0 Å². The van der Waals surface area contributed by atoms with Crippen LogP contribution in [0.5, 0.6) is 0 Å². The van der Waals surface area contributed by atoms with Crippen LogP contribution in [0.1, 0.15) is 0 Å². The molecule has 0 saturated carbocycles. The maximum absolute atomic E-state index is 7.63. The van der Waals surface area contributed by atoms with Gasteiger partial charge in [-0.3, -0.25) is 0 Å². The zero-order valence-electron chi connectivity index (χ0n) is 5.59. The van der Waals surface area contributed by atoms with Crippen LogP contribution in [-0.4, -0.2) is 4.84 Å². The lowest BCUT2D eigenvalue weighted by Crippen LogP contribution is -1.70. The van der Waals surface area contributed by atoms with Gasteiger partial charge in [0, 0.05) is 0 Å². The average Bonchev–Trinajstić information content (AvgIpc) is 2.61. The molecule has 0 atom stereocenters. The van der Waals surface area contributed by atoms with Gasteiger partial charge in [-0.1, -0.05) is 41.4 Å². The third-order valence-electron chi connectivity index (χ3n) is 1.21. The van der Waals surface area contributed by atoms with Crippen molar-refractivity contribution in [2.75, 3.05) is 0 Å². The van der Waals surface area contributed by atoms with Crippen molar-refractivity contribution in [2.24, 2.45) is 0 Å². The molecule has 0 fully saturated rings. The molecule has 3 heteroatoms. The minimum absolute atomic E-state index is 0.866. The van der Waals surface area contributed by atoms with Gasteiger partial charge in [0.05, 0.1) is 6.07 Å². The first-order valence-electron chi connectivity index (χ1n) is 3.02. The molecule has 2 aliphatic rings. The Bertz CT molecular complexity index is 271. The van der Waals surface area contributed by atoms with Crippen LogP contribution in [0, 0.1) is 11.3 Å². The molecule has 0 heterocycles. The lowest BCUT2D eigenvalue weighted by molar-refractivity contribution is 1.45. The molecule has 0 aromatic rings. The van der Waals surface area contributed by atoms with Gasteiger partial charge in [0.15, 0.2) is 4.84 Å². The van der Waals surface area contributed by atoms with E-state index in [0.717, 1.165) is 0 Å². The van der Waals surface area contributed by atoms with E-state index >= 15 is 0 Å².